The van der Waals surface area contributed by atoms with Crippen molar-refractivity contribution in [3.05, 3.63) is 15.9 Å². The Morgan fingerprint density at radius 1 is 1.40 bits per heavy atom. The number of aryl methyl sites for hydroxylation is 2. The number of ether oxygens (including phenoxy) is 1. The fourth-order valence-corrected chi connectivity index (χ4v) is 2.93. The van der Waals surface area contributed by atoms with Crippen LogP contribution < -0.4 is 5.32 Å². The molecule has 0 amide bonds. The molecule has 1 unspecified atom stereocenters. The predicted octanol–water partition coefficient (Wildman–Crippen LogP) is 3.31. The van der Waals surface area contributed by atoms with E-state index in [1.807, 2.05) is 6.92 Å². The van der Waals surface area contributed by atoms with Crippen molar-refractivity contribution in [2.24, 2.45) is 0 Å². The molecule has 1 heterocycles. The first-order chi connectivity index (χ1) is 9.34. The van der Waals surface area contributed by atoms with Gasteiger partial charge in [-0.25, -0.2) is 0 Å². The average Bonchev–Trinajstić information content (AvgIpc) is 2.66. The quantitative estimate of drug-likeness (QED) is 0.785. The Labute approximate surface area is 131 Å². The molecule has 1 aromatic rings. The third-order valence-electron chi connectivity index (χ3n) is 3.68. The summed E-state index contributed by atoms with van der Waals surface area (Å²) in [6.45, 7) is 12.4. The number of likely N-dealkylation sites (N-methyl/N-ethyl adjacent to an activating group) is 1. The Kier molecular flexibility index (Phi) is 6.69. The zero-order valence-corrected chi connectivity index (χ0v) is 15.2. The van der Waals surface area contributed by atoms with E-state index in [0.717, 1.165) is 36.1 Å². The summed E-state index contributed by atoms with van der Waals surface area (Å²) >= 11 is 3.68. The van der Waals surface area contributed by atoms with Gasteiger partial charge in [0.2, 0.25) is 0 Å². The van der Waals surface area contributed by atoms with Crippen molar-refractivity contribution in [1.29, 1.82) is 0 Å². The second kappa shape index (κ2) is 7.57. The molecule has 0 saturated heterocycles. The maximum Gasteiger partial charge on any atom is 0.0738 e. The maximum atomic E-state index is 5.57. The van der Waals surface area contributed by atoms with Crippen LogP contribution in [0.3, 0.4) is 0 Å². The number of methoxy groups -OCH3 is 1. The first kappa shape index (κ1) is 17.7. The Morgan fingerprint density at radius 2 is 2.05 bits per heavy atom. The summed E-state index contributed by atoms with van der Waals surface area (Å²) in [6.07, 6.45) is 1.92. The van der Waals surface area contributed by atoms with Crippen LogP contribution in [0, 0.1) is 6.92 Å². The Bertz CT molecular complexity index is 429. The Morgan fingerprint density at radius 3 is 2.55 bits per heavy atom. The van der Waals surface area contributed by atoms with Crippen LogP contribution in [-0.2, 0) is 17.7 Å². The lowest BCUT2D eigenvalue weighted by Gasteiger charge is -2.29. The molecule has 116 valence electrons. The van der Waals surface area contributed by atoms with Crippen LogP contribution in [0.5, 0.6) is 0 Å². The van der Waals surface area contributed by atoms with Gasteiger partial charge in [-0.2, -0.15) is 5.10 Å². The Balaban J connectivity index is 2.90. The normalized spacial score (nSPS) is 13.8. The minimum absolute atomic E-state index is 0.120. The van der Waals surface area contributed by atoms with E-state index < -0.39 is 0 Å². The second-order valence-electron chi connectivity index (χ2n) is 5.79. The van der Waals surface area contributed by atoms with Gasteiger partial charge < -0.3 is 10.1 Å². The molecule has 5 heteroatoms. The van der Waals surface area contributed by atoms with Gasteiger partial charge in [0.15, 0.2) is 0 Å². The van der Waals surface area contributed by atoms with Gasteiger partial charge >= 0.3 is 0 Å². The van der Waals surface area contributed by atoms with Crippen LogP contribution in [0.15, 0.2) is 4.47 Å². The summed E-state index contributed by atoms with van der Waals surface area (Å²) in [7, 11) is 1.78. The average molecular weight is 346 g/mol. The summed E-state index contributed by atoms with van der Waals surface area (Å²) in [4.78, 5) is 0. The van der Waals surface area contributed by atoms with E-state index in [4.69, 9.17) is 4.74 Å². The highest BCUT2D eigenvalue weighted by Gasteiger charge is 2.24. The first-order valence-corrected chi connectivity index (χ1v) is 8.14. The molecule has 0 spiro atoms. The van der Waals surface area contributed by atoms with Crippen molar-refractivity contribution in [3.63, 3.8) is 0 Å². The number of nitrogens with one attached hydrogen (secondary N) is 1. The van der Waals surface area contributed by atoms with Gasteiger partial charge in [0, 0.05) is 26.1 Å². The number of aromatic nitrogens is 2. The third kappa shape index (κ3) is 4.57. The first-order valence-electron chi connectivity index (χ1n) is 7.34. The highest BCUT2D eigenvalue weighted by atomic mass is 79.9. The van der Waals surface area contributed by atoms with Crippen LogP contribution in [0.1, 0.15) is 45.5 Å². The molecule has 0 aliphatic rings. The lowest BCUT2D eigenvalue weighted by Crippen LogP contribution is -2.39. The zero-order valence-electron chi connectivity index (χ0n) is 13.6. The molecule has 0 aromatic carbocycles. The molecule has 1 atom stereocenters. The molecular weight excluding hydrogens is 318 g/mol. The Hall–Kier alpha value is -0.390. The van der Waals surface area contributed by atoms with E-state index in [0.29, 0.717) is 6.04 Å². The largest absolute Gasteiger partial charge is 0.379 e. The van der Waals surface area contributed by atoms with Gasteiger partial charge in [-0.3, -0.25) is 4.68 Å². The van der Waals surface area contributed by atoms with Gasteiger partial charge in [0.1, 0.15) is 0 Å². The van der Waals surface area contributed by atoms with Crippen LogP contribution in [0.2, 0.25) is 0 Å². The minimum atomic E-state index is -0.120. The van der Waals surface area contributed by atoms with E-state index in [2.05, 4.69) is 58.7 Å². The van der Waals surface area contributed by atoms with Crippen LogP contribution in [0.4, 0.5) is 0 Å². The minimum Gasteiger partial charge on any atom is -0.379 e. The second-order valence-corrected chi connectivity index (χ2v) is 6.58. The molecule has 20 heavy (non-hydrogen) atoms. The van der Waals surface area contributed by atoms with Crippen LogP contribution >= 0.6 is 15.9 Å². The van der Waals surface area contributed by atoms with Gasteiger partial charge in [-0.1, -0.05) is 6.92 Å². The number of halogens is 1. The molecule has 0 fully saturated rings. The smallest absolute Gasteiger partial charge is 0.0738 e. The molecule has 4 nitrogen and oxygen atoms in total. The SMILES string of the molecule is CCNC(Cc1c(Br)c(C)nn1CC)CC(C)(C)OC. The standard InChI is InChI=1S/C15H28BrN3O/c1-7-17-12(10-15(4,5)20-6)9-13-14(16)11(3)18-19(13)8-2/h12,17H,7-10H2,1-6H3. The summed E-state index contributed by atoms with van der Waals surface area (Å²) in [5.74, 6) is 0. The van der Waals surface area contributed by atoms with Gasteiger partial charge in [-0.15, -0.1) is 0 Å². The lowest BCUT2D eigenvalue weighted by molar-refractivity contribution is 0.00710. The lowest BCUT2D eigenvalue weighted by atomic mass is 9.95. The molecular formula is C15H28BrN3O. The molecule has 1 N–H and O–H groups in total. The van der Waals surface area contributed by atoms with Crippen molar-refractivity contribution < 1.29 is 4.74 Å². The third-order valence-corrected chi connectivity index (χ3v) is 4.71. The van der Waals surface area contributed by atoms with Crippen LogP contribution in [0.25, 0.3) is 0 Å². The van der Waals surface area contributed by atoms with Gasteiger partial charge in [-0.05, 0) is 56.6 Å². The topological polar surface area (TPSA) is 39.1 Å². The predicted molar refractivity (Wildman–Crippen MR) is 87.2 cm³/mol. The fraction of sp³-hybridized carbons (Fsp3) is 0.800. The summed E-state index contributed by atoms with van der Waals surface area (Å²) in [5, 5.41) is 8.14. The van der Waals surface area contributed by atoms with Crippen molar-refractivity contribution in [3.8, 4) is 0 Å². The zero-order chi connectivity index (χ0) is 15.3. The van der Waals surface area contributed by atoms with E-state index >= 15 is 0 Å². The van der Waals surface area contributed by atoms with E-state index in [9.17, 15) is 0 Å². The molecule has 0 bridgehead atoms. The summed E-state index contributed by atoms with van der Waals surface area (Å²) < 4.78 is 8.79. The van der Waals surface area contributed by atoms with E-state index in [1.54, 1.807) is 7.11 Å². The molecule has 1 aromatic heterocycles. The van der Waals surface area contributed by atoms with E-state index in [1.165, 1.54) is 5.69 Å². The fourth-order valence-electron chi connectivity index (χ4n) is 2.48. The number of hydrogen-bond donors (Lipinski definition) is 1. The van der Waals surface area contributed by atoms with Gasteiger partial charge in [0.25, 0.3) is 0 Å². The van der Waals surface area contributed by atoms with Crippen molar-refractivity contribution in [1.82, 2.24) is 15.1 Å². The highest BCUT2D eigenvalue weighted by Crippen LogP contribution is 2.25. The van der Waals surface area contributed by atoms with Crippen molar-refractivity contribution in [2.45, 2.75) is 65.6 Å². The highest BCUT2D eigenvalue weighted by molar-refractivity contribution is 9.10. The summed E-state index contributed by atoms with van der Waals surface area (Å²) in [5.41, 5.74) is 2.21. The molecule has 0 saturated carbocycles. The number of hydrogen-bond acceptors (Lipinski definition) is 3. The number of rotatable bonds is 8. The monoisotopic (exact) mass is 345 g/mol. The molecule has 1 rings (SSSR count). The maximum absolute atomic E-state index is 5.57. The molecule has 0 aliphatic heterocycles. The van der Waals surface area contributed by atoms with Crippen molar-refractivity contribution in [2.75, 3.05) is 13.7 Å². The van der Waals surface area contributed by atoms with E-state index in [-0.39, 0.29) is 5.60 Å². The van der Waals surface area contributed by atoms with Crippen molar-refractivity contribution >= 4 is 15.9 Å². The van der Waals surface area contributed by atoms with Crippen LogP contribution in [-0.4, -0.2) is 35.1 Å². The number of nitrogens with zero attached hydrogens (tertiary/aromatic N) is 2. The molecule has 0 aliphatic carbocycles. The molecule has 0 radical (unpaired) electrons. The summed E-state index contributed by atoms with van der Waals surface area (Å²) in [6, 6.07) is 0.382. The van der Waals surface area contributed by atoms with Gasteiger partial charge in [0.05, 0.1) is 21.5 Å².